The van der Waals surface area contributed by atoms with Crippen LogP contribution in [-0.4, -0.2) is 54.8 Å². The minimum atomic E-state index is 0.552. The standard InChI is InChI=1S/C54H32N6OS.C49H31N5S/c1-4-15-34(16-5-1)49-55-50(35-17-6-2-7-18-35)57-52(56-49)37-29-27-33(28-30-37)38-31-32-43(48-46(38)41-22-11-13-26-45(41)62-48)54-59-51(36-19-8-3-9-20-36)58-53(60-54)42-24-14-23-40-39-21-10-12-25-44(39)61-47(40)42;1-5-15-33(16-6-1)41-31-42(51-46(50-41)34-17-7-2-8-18-34)39-30-29-38(44-40-23-13-14-24-43(40)55-45(39)44)32-25-27-37(28-26-32)49-53-47(35-19-9-3-10-20-35)52-48(54-49)36-21-11-4-12-22-36/h1-32H;1-31H. The molecule has 7 heterocycles. The van der Waals surface area contributed by atoms with Crippen molar-refractivity contribution in [2.45, 2.75) is 0 Å². The second-order valence-electron chi connectivity index (χ2n) is 28.3. The van der Waals surface area contributed by atoms with Crippen LogP contribution >= 0.6 is 22.7 Å². The van der Waals surface area contributed by atoms with Crippen LogP contribution in [0, 0.1) is 0 Å². The lowest BCUT2D eigenvalue weighted by atomic mass is 9.95. The highest BCUT2D eigenvalue weighted by atomic mass is 32.1. The van der Waals surface area contributed by atoms with Gasteiger partial charge in [-0.15, -0.1) is 22.7 Å². The first-order valence-electron chi connectivity index (χ1n) is 38.5. The van der Waals surface area contributed by atoms with Gasteiger partial charge < -0.3 is 4.42 Å². The van der Waals surface area contributed by atoms with E-state index in [1.807, 2.05) is 206 Å². The molecule has 0 aliphatic heterocycles. The number of hydrogen-bond donors (Lipinski definition) is 0. The summed E-state index contributed by atoms with van der Waals surface area (Å²) in [6, 6.07) is 130. The maximum absolute atomic E-state index is 6.48. The summed E-state index contributed by atoms with van der Waals surface area (Å²) in [4.78, 5) is 55.4. The third kappa shape index (κ3) is 13.5. The summed E-state index contributed by atoms with van der Waals surface area (Å²) in [6.07, 6.45) is 0. The molecule has 0 aliphatic carbocycles. The van der Waals surface area contributed by atoms with E-state index >= 15 is 0 Å². The predicted octanol–water partition coefficient (Wildman–Crippen LogP) is 26.7. The van der Waals surface area contributed by atoms with Gasteiger partial charge in [0.05, 0.1) is 17.0 Å². The second kappa shape index (κ2) is 30.3. The van der Waals surface area contributed by atoms with Gasteiger partial charge in [0.2, 0.25) is 0 Å². The number of rotatable bonds is 14. The number of furan rings is 1. The first-order chi connectivity index (χ1) is 58.0. The third-order valence-electron chi connectivity index (χ3n) is 21.0. The van der Waals surface area contributed by atoms with Crippen LogP contribution in [0.2, 0.25) is 0 Å². The second-order valence-corrected chi connectivity index (χ2v) is 30.4. The van der Waals surface area contributed by atoms with Crippen molar-refractivity contribution in [1.29, 1.82) is 0 Å². The van der Waals surface area contributed by atoms with Crippen molar-refractivity contribution in [2.75, 3.05) is 0 Å². The summed E-state index contributed by atoms with van der Waals surface area (Å²) in [7, 11) is 0. The van der Waals surface area contributed by atoms with E-state index in [0.29, 0.717) is 58.2 Å². The molecule has 7 aromatic heterocycles. The average Bonchev–Trinajstić information content (AvgIpc) is 1.61. The van der Waals surface area contributed by atoms with E-state index in [0.717, 1.165) is 132 Å². The molecule has 22 rings (SSSR count). The molecule has 0 aliphatic rings. The number of aromatic nitrogens is 11. The fourth-order valence-corrected chi connectivity index (χ4v) is 17.8. The van der Waals surface area contributed by atoms with Gasteiger partial charge >= 0.3 is 0 Å². The molecule has 0 unspecified atom stereocenters. The van der Waals surface area contributed by atoms with E-state index in [1.165, 1.54) is 30.3 Å². The minimum absolute atomic E-state index is 0.552. The number of nitrogens with zero attached hydrogens (tertiary/aromatic N) is 11. The van der Waals surface area contributed by atoms with Crippen LogP contribution < -0.4 is 0 Å². The fraction of sp³-hybridized carbons (Fsp3) is 0. The molecule has 22 aromatic rings. The van der Waals surface area contributed by atoms with Gasteiger partial charge in [0.1, 0.15) is 11.2 Å². The molecule has 0 atom stereocenters. The van der Waals surface area contributed by atoms with Gasteiger partial charge in [-0.3, -0.25) is 0 Å². The monoisotopic (exact) mass is 1530 g/mol. The number of para-hydroxylation sites is 2. The molecule has 0 saturated carbocycles. The van der Waals surface area contributed by atoms with Crippen LogP contribution in [0.3, 0.4) is 0 Å². The fourth-order valence-electron chi connectivity index (χ4n) is 15.3. The largest absolute Gasteiger partial charge is 0.455 e. The zero-order valence-electron chi connectivity index (χ0n) is 62.5. The van der Waals surface area contributed by atoms with Gasteiger partial charge in [-0.1, -0.05) is 346 Å². The molecule has 14 heteroatoms. The summed E-state index contributed by atoms with van der Waals surface area (Å²) < 4.78 is 11.2. The van der Waals surface area contributed by atoms with E-state index in [4.69, 9.17) is 59.2 Å². The van der Waals surface area contributed by atoms with Crippen molar-refractivity contribution in [3.8, 4) is 159 Å². The number of hydrogen-bond acceptors (Lipinski definition) is 14. The van der Waals surface area contributed by atoms with E-state index in [-0.39, 0.29) is 0 Å². The minimum Gasteiger partial charge on any atom is -0.455 e. The molecule has 0 saturated heterocycles. The Bertz CT molecular complexity index is 7290. The molecule has 0 amide bonds. The number of fused-ring (bicyclic) bond motifs is 9. The Hall–Kier alpha value is -15.4. The molecule has 0 radical (unpaired) electrons. The van der Waals surface area contributed by atoms with Crippen LogP contribution in [0.1, 0.15) is 0 Å². The highest BCUT2D eigenvalue weighted by molar-refractivity contribution is 7.27. The Morgan fingerprint density at radius 2 is 0.470 bits per heavy atom. The SMILES string of the molecule is c1ccc(-c2cc(-c3ccc(-c4ccc(-c5nc(-c6ccccc6)nc(-c6ccccc6)n5)cc4)c4c3sc3ccccc34)nc(-c3ccccc3)n2)cc1.c1ccc(-c2nc(-c3ccccc3)nc(-c3ccc(-c4ccc(-c5nc(-c6ccccc6)nc(-c6cccc7c6oc6ccccc67)n5)c5sc6ccccc6c45)cc3)n2)cc1. The molecule has 0 spiro atoms. The summed E-state index contributed by atoms with van der Waals surface area (Å²) in [5, 5.41) is 6.84. The molecule has 548 valence electrons. The number of thiophene rings is 2. The quantitative estimate of drug-likeness (QED) is 0.102. The van der Waals surface area contributed by atoms with Crippen LogP contribution in [0.4, 0.5) is 0 Å². The van der Waals surface area contributed by atoms with Crippen molar-refractivity contribution in [3.63, 3.8) is 0 Å². The molecular formula is C103H63N11OS2. The maximum atomic E-state index is 6.48. The highest BCUT2D eigenvalue weighted by Gasteiger charge is 2.25. The summed E-state index contributed by atoms with van der Waals surface area (Å²) in [5.74, 6) is 6.25. The average molecular weight is 1530 g/mol. The third-order valence-corrected chi connectivity index (χ3v) is 23.4. The van der Waals surface area contributed by atoms with Crippen molar-refractivity contribution in [3.05, 3.63) is 382 Å². The van der Waals surface area contributed by atoms with Crippen molar-refractivity contribution in [2.24, 2.45) is 0 Å². The van der Waals surface area contributed by atoms with Crippen molar-refractivity contribution in [1.82, 2.24) is 54.8 Å². The lowest BCUT2D eigenvalue weighted by molar-refractivity contribution is 0.669. The van der Waals surface area contributed by atoms with Gasteiger partial charge in [-0.05, 0) is 58.7 Å². The van der Waals surface area contributed by atoms with Crippen LogP contribution in [-0.2, 0) is 0 Å². The number of benzene rings is 15. The first kappa shape index (κ1) is 69.6. The summed E-state index contributed by atoms with van der Waals surface area (Å²) in [5.41, 5.74) is 19.2. The van der Waals surface area contributed by atoms with Crippen molar-refractivity contribution < 1.29 is 4.42 Å². The Morgan fingerprint density at radius 3 is 0.897 bits per heavy atom. The zero-order chi connectivity index (χ0) is 77.5. The molecule has 0 N–H and O–H groups in total. The molecule has 117 heavy (non-hydrogen) atoms. The highest BCUT2D eigenvalue weighted by Crippen LogP contribution is 2.48. The van der Waals surface area contributed by atoms with E-state index < -0.39 is 0 Å². The Morgan fingerprint density at radius 1 is 0.179 bits per heavy atom. The summed E-state index contributed by atoms with van der Waals surface area (Å²) >= 11 is 3.56. The van der Waals surface area contributed by atoms with Gasteiger partial charge in [0.15, 0.2) is 58.2 Å². The van der Waals surface area contributed by atoms with Gasteiger partial charge in [-0.2, -0.15) is 0 Å². The zero-order valence-corrected chi connectivity index (χ0v) is 64.2. The van der Waals surface area contributed by atoms with Gasteiger partial charge in [0.25, 0.3) is 0 Å². The molecule has 0 fully saturated rings. The molecule has 15 aromatic carbocycles. The Kier molecular flexibility index (Phi) is 18.0. The lowest BCUT2D eigenvalue weighted by Gasteiger charge is -2.12. The predicted molar refractivity (Wildman–Crippen MR) is 478 cm³/mol. The van der Waals surface area contributed by atoms with E-state index in [2.05, 4.69) is 176 Å². The van der Waals surface area contributed by atoms with E-state index in [1.54, 1.807) is 22.7 Å². The van der Waals surface area contributed by atoms with Crippen LogP contribution in [0.5, 0.6) is 0 Å². The molecular weight excluding hydrogens is 1470 g/mol. The maximum Gasteiger partial charge on any atom is 0.167 e. The summed E-state index contributed by atoms with van der Waals surface area (Å²) in [6.45, 7) is 0. The lowest BCUT2D eigenvalue weighted by Crippen LogP contribution is -2.00. The van der Waals surface area contributed by atoms with Crippen LogP contribution in [0.15, 0.2) is 387 Å². The smallest absolute Gasteiger partial charge is 0.167 e. The Labute approximate surface area is 680 Å². The van der Waals surface area contributed by atoms with Gasteiger partial charge in [0, 0.05) is 112 Å². The van der Waals surface area contributed by atoms with Crippen LogP contribution in [0.25, 0.3) is 221 Å². The molecule has 0 bridgehead atoms. The van der Waals surface area contributed by atoms with E-state index in [9.17, 15) is 0 Å². The molecule has 12 nitrogen and oxygen atoms in total. The normalized spacial score (nSPS) is 11.4. The first-order valence-corrected chi connectivity index (χ1v) is 40.2. The topological polar surface area (TPSA) is 155 Å². The van der Waals surface area contributed by atoms with Gasteiger partial charge in [-0.25, -0.2) is 54.8 Å². The van der Waals surface area contributed by atoms with Crippen molar-refractivity contribution >= 4 is 85.0 Å². The Balaban J connectivity index is 0.000000147.